The molecule has 23 heavy (non-hydrogen) atoms. The first-order valence-corrected chi connectivity index (χ1v) is 7.81. The Balaban J connectivity index is 1.79. The summed E-state index contributed by atoms with van der Waals surface area (Å²) in [5, 5.41) is 2.80. The minimum absolute atomic E-state index is 0.0193. The lowest BCUT2D eigenvalue weighted by atomic mass is 10.0. The number of fused-ring (bicyclic) bond motifs is 1. The number of hydrogen-bond acceptors (Lipinski definition) is 3. The smallest absolute Gasteiger partial charge is 0.287 e. The van der Waals surface area contributed by atoms with Crippen LogP contribution < -0.4 is 10.2 Å². The highest BCUT2D eigenvalue weighted by molar-refractivity contribution is 6.02. The summed E-state index contributed by atoms with van der Waals surface area (Å²) < 4.78 is 5.10. The molecule has 2 amide bonds. The van der Waals surface area contributed by atoms with Crippen LogP contribution in [0.5, 0.6) is 0 Å². The van der Waals surface area contributed by atoms with E-state index in [4.69, 9.17) is 4.42 Å². The largest absolute Gasteiger partial charge is 0.459 e. The molecule has 0 radical (unpaired) electrons. The van der Waals surface area contributed by atoms with Gasteiger partial charge in [0.15, 0.2) is 5.76 Å². The van der Waals surface area contributed by atoms with Crippen molar-refractivity contribution in [1.29, 1.82) is 0 Å². The van der Waals surface area contributed by atoms with E-state index in [1.54, 1.807) is 17.0 Å². The van der Waals surface area contributed by atoms with Crippen LogP contribution in [-0.4, -0.2) is 24.4 Å². The van der Waals surface area contributed by atoms with E-state index in [0.717, 1.165) is 12.1 Å². The van der Waals surface area contributed by atoms with E-state index in [1.807, 2.05) is 38.1 Å². The third-order valence-electron chi connectivity index (χ3n) is 4.12. The van der Waals surface area contributed by atoms with Gasteiger partial charge in [-0.2, -0.15) is 0 Å². The summed E-state index contributed by atoms with van der Waals surface area (Å²) in [7, 11) is 0. The molecule has 1 atom stereocenters. The summed E-state index contributed by atoms with van der Waals surface area (Å²) in [6.45, 7) is 4.50. The molecule has 120 valence electrons. The number of benzene rings is 1. The second-order valence-corrected chi connectivity index (χ2v) is 6.04. The van der Waals surface area contributed by atoms with Crippen LogP contribution in [0.1, 0.15) is 30.0 Å². The van der Waals surface area contributed by atoms with Crippen LogP contribution in [-0.2, 0) is 11.2 Å². The van der Waals surface area contributed by atoms with Crippen molar-refractivity contribution in [3.05, 3.63) is 54.0 Å². The molecular formula is C18H20N2O3. The van der Waals surface area contributed by atoms with Crippen LogP contribution in [0.3, 0.4) is 0 Å². The molecule has 0 fully saturated rings. The summed E-state index contributed by atoms with van der Waals surface area (Å²) >= 11 is 0. The number of carbonyl (C=O) groups is 2. The quantitative estimate of drug-likeness (QED) is 0.944. The average Bonchev–Trinajstić information content (AvgIpc) is 3.20. The Labute approximate surface area is 135 Å². The second kappa shape index (κ2) is 6.28. The Morgan fingerprint density at radius 2 is 1.96 bits per heavy atom. The zero-order valence-electron chi connectivity index (χ0n) is 13.3. The number of amides is 2. The molecule has 2 heterocycles. The Morgan fingerprint density at radius 3 is 2.65 bits per heavy atom. The maximum absolute atomic E-state index is 12.9. The number of hydrogen-bond donors (Lipinski definition) is 1. The van der Waals surface area contributed by atoms with Crippen molar-refractivity contribution in [2.24, 2.45) is 5.92 Å². The van der Waals surface area contributed by atoms with Crippen molar-refractivity contribution < 1.29 is 14.0 Å². The number of furan rings is 1. The van der Waals surface area contributed by atoms with Gasteiger partial charge in [0.05, 0.1) is 6.26 Å². The van der Waals surface area contributed by atoms with Crippen molar-refractivity contribution in [3.63, 3.8) is 0 Å². The molecule has 1 aromatic carbocycles. The fraction of sp³-hybridized carbons (Fsp3) is 0.333. The minimum Gasteiger partial charge on any atom is -0.459 e. The van der Waals surface area contributed by atoms with Crippen LogP contribution in [0.2, 0.25) is 0 Å². The van der Waals surface area contributed by atoms with Crippen molar-refractivity contribution >= 4 is 17.5 Å². The molecule has 1 aliphatic rings. The molecule has 2 aromatic rings. The fourth-order valence-electron chi connectivity index (χ4n) is 2.87. The Morgan fingerprint density at radius 1 is 1.17 bits per heavy atom. The summed E-state index contributed by atoms with van der Waals surface area (Å²) in [5.41, 5.74) is 2.11. The Kier molecular flexibility index (Phi) is 4.19. The van der Waals surface area contributed by atoms with Gasteiger partial charge in [0.25, 0.3) is 5.91 Å². The van der Waals surface area contributed by atoms with Crippen molar-refractivity contribution in [2.45, 2.75) is 26.3 Å². The van der Waals surface area contributed by atoms with Crippen LogP contribution in [0.4, 0.5) is 5.69 Å². The number of carbonyl (C=O) groups excluding carboxylic acids is 2. The van der Waals surface area contributed by atoms with E-state index >= 15 is 0 Å². The Bertz CT molecular complexity index is 707. The lowest BCUT2D eigenvalue weighted by Crippen LogP contribution is -2.51. The normalized spacial score (nSPS) is 14.7. The molecule has 0 saturated heterocycles. The van der Waals surface area contributed by atoms with Gasteiger partial charge in [0.2, 0.25) is 5.91 Å². The van der Waals surface area contributed by atoms with Gasteiger partial charge in [-0.15, -0.1) is 0 Å². The lowest BCUT2D eigenvalue weighted by Gasteiger charge is -2.27. The first-order valence-electron chi connectivity index (χ1n) is 7.81. The topological polar surface area (TPSA) is 62.6 Å². The maximum atomic E-state index is 12.9. The van der Waals surface area contributed by atoms with Gasteiger partial charge < -0.3 is 14.6 Å². The SMILES string of the molecule is CC(C)C(NC(=O)c1ccco1)C(=O)N1CCc2ccccc21. The van der Waals surface area contributed by atoms with E-state index in [2.05, 4.69) is 5.32 Å². The van der Waals surface area contributed by atoms with E-state index in [0.29, 0.717) is 6.54 Å². The number of rotatable bonds is 4. The molecule has 1 aromatic heterocycles. The zero-order valence-corrected chi connectivity index (χ0v) is 13.3. The first kappa shape index (κ1) is 15.3. The molecule has 1 unspecified atom stereocenters. The Hall–Kier alpha value is -2.56. The third kappa shape index (κ3) is 2.99. The van der Waals surface area contributed by atoms with E-state index in [1.165, 1.54) is 11.8 Å². The molecule has 1 aliphatic heterocycles. The number of nitrogens with one attached hydrogen (secondary N) is 1. The monoisotopic (exact) mass is 312 g/mol. The van der Waals surface area contributed by atoms with Gasteiger partial charge >= 0.3 is 0 Å². The van der Waals surface area contributed by atoms with E-state index in [-0.39, 0.29) is 23.5 Å². The molecule has 5 heteroatoms. The second-order valence-electron chi connectivity index (χ2n) is 6.04. The molecule has 5 nitrogen and oxygen atoms in total. The minimum atomic E-state index is -0.584. The molecular weight excluding hydrogens is 292 g/mol. The van der Waals surface area contributed by atoms with Crippen LogP contribution >= 0.6 is 0 Å². The highest BCUT2D eigenvalue weighted by Crippen LogP contribution is 2.28. The highest BCUT2D eigenvalue weighted by atomic mass is 16.3. The molecule has 3 rings (SSSR count). The zero-order chi connectivity index (χ0) is 16.4. The number of anilines is 1. The number of nitrogens with zero attached hydrogens (tertiary/aromatic N) is 1. The van der Waals surface area contributed by atoms with Crippen LogP contribution in [0.15, 0.2) is 47.1 Å². The highest BCUT2D eigenvalue weighted by Gasteiger charge is 2.33. The maximum Gasteiger partial charge on any atom is 0.287 e. The van der Waals surface area contributed by atoms with Gasteiger partial charge in [0, 0.05) is 12.2 Å². The van der Waals surface area contributed by atoms with Crippen molar-refractivity contribution in [1.82, 2.24) is 5.32 Å². The summed E-state index contributed by atoms with van der Waals surface area (Å²) in [5.74, 6) is -0.251. The van der Waals surface area contributed by atoms with Gasteiger partial charge in [0.1, 0.15) is 6.04 Å². The van der Waals surface area contributed by atoms with Gasteiger partial charge in [-0.05, 0) is 36.1 Å². The molecule has 0 bridgehead atoms. The molecule has 1 N–H and O–H groups in total. The number of para-hydroxylation sites is 1. The van der Waals surface area contributed by atoms with Gasteiger partial charge in [-0.1, -0.05) is 32.0 Å². The summed E-state index contributed by atoms with van der Waals surface area (Å²) in [6.07, 6.45) is 2.29. The lowest BCUT2D eigenvalue weighted by molar-refractivity contribution is -0.121. The average molecular weight is 312 g/mol. The summed E-state index contributed by atoms with van der Waals surface area (Å²) in [4.78, 5) is 26.9. The first-order chi connectivity index (χ1) is 11.1. The summed E-state index contributed by atoms with van der Waals surface area (Å²) in [6, 6.07) is 10.5. The van der Waals surface area contributed by atoms with Crippen molar-refractivity contribution in [3.8, 4) is 0 Å². The van der Waals surface area contributed by atoms with E-state index in [9.17, 15) is 9.59 Å². The van der Waals surface area contributed by atoms with Crippen LogP contribution in [0.25, 0.3) is 0 Å². The predicted octanol–water partition coefficient (Wildman–Crippen LogP) is 2.62. The predicted molar refractivity (Wildman–Crippen MR) is 87.3 cm³/mol. The van der Waals surface area contributed by atoms with Gasteiger partial charge in [-0.3, -0.25) is 9.59 Å². The fourth-order valence-corrected chi connectivity index (χ4v) is 2.87. The molecule has 0 aliphatic carbocycles. The molecule has 0 saturated carbocycles. The van der Waals surface area contributed by atoms with E-state index < -0.39 is 6.04 Å². The standard InChI is InChI=1S/C18H20N2O3/c1-12(2)16(19-17(21)15-8-5-11-23-15)18(22)20-10-9-13-6-3-4-7-14(13)20/h3-8,11-12,16H,9-10H2,1-2H3,(H,19,21). The van der Waals surface area contributed by atoms with Gasteiger partial charge in [-0.25, -0.2) is 0 Å². The van der Waals surface area contributed by atoms with Crippen LogP contribution in [0, 0.1) is 5.92 Å². The third-order valence-corrected chi connectivity index (χ3v) is 4.12. The van der Waals surface area contributed by atoms with Crippen molar-refractivity contribution in [2.75, 3.05) is 11.4 Å². The molecule has 0 spiro atoms.